The van der Waals surface area contributed by atoms with E-state index in [4.69, 9.17) is 0 Å². The van der Waals surface area contributed by atoms with Crippen LogP contribution in [-0.4, -0.2) is 14.3 Å². The van der Waals surface area contributed by atoms with Crippen molar-refractivity contribution in [1.29, 1.82) is 0 Å². The highest BCUT2D eigenvalue weighted by atomic mass is 127. The molecule has 25 heavy (non-hydrogen) atoms. The molecular weight excluding hydrogens is 471 g/mol. The lowest BCUT2D eigenvalue weighted by atomic mass is 10.2. The molecule has 0 saturated carbocycles. The summed E-state index contributed by atoms with van der Waals surface area (Å²) in [5.41, 5.74) is 1.55. The predicted octanol–water partition coefficient (Wildman–Crippen LogP) is 4.41. The fourth-order valence-electron chi connectivity index (χ4n) is 2.05. The van der Waals surface area contributed by atoms with Crippen molar-refractivity contribution < 1.29 is 13.2 Å². The molecule has 0 fully saturated rings. The molecule has 0 saturated heterocycles. The van der Waals surface area contributed by atoms with Crippen molar-refractivity contribution in [2.75, 3.05) is 10.0 Å². The molecule has 0 aliphatic carbocycles. The molecule has 2 N–H and O–H groups in total. The zero-order valence-electron chi connectivity index (χ0n) is 12.8. The molecule has 1 heterocycles. The Hall–Kier alpha value is -1.91. The summed E-state index contributed by atoms with van der Waals surface area (Å²) in [6.45, 7) is 0. The van der Waals surface area contributed by atoms with Crippen molar-refractivity contribution in [2.45, 2.75) is 4.21 Å². The molecular formula is C17H13IN2O3S2. The van der Waals surface area contributed by atoms with E-state index in [9.17, 15) is 13.2 Å². The van der Waals surface area contributed by atoms with Crippen LogP contribution in [0.1, 0.15) is 10.4 Å². The van der Waals surface area contributed by atoms with Crippen LogP contribution in [0.5, 0.6) is 0 Å². The van der Waals surface area contributed by atoms with Gasteiger partial charge in [0.1, 0.15) is 4.21 Å². The highest BCUT2D eigenvalue weighted by molar-refractivity contribution is 14.1. The lowest BCUT2D eigenvalue weighted by Gasteiger charge is -2.08. The van der Waals surface area contributed by atoms with Gasteiger partial charge in [0.2, 0.25) is 0 Å². The van der Waals surface area contributed by atoms with Gasteiger partial charge >= 0.3 is 0 Å². The first-order valence-electron chi connectivity index (χ1n) is 7.17. The monoisotopic (exact) mass is 484 g/mol. The Morgan fingerprint density at radius 3 is 2.16 bits per heavy atom. The highest BCUT2D eigenvalue weighted by Crippen LogP contribution is 2.21. The fraction of sp³-hybridized carbons (Fsp3) is 0. The van der Waals surface area contributed by atoms with Crippen LogP contribution in [0.4, 0.5) is 11.4 Å². The molecule has 0 bridgehead atoms. The Bertz CT molecular complexity index is 968. The maximum Gasteiger partial charge on any atom is 0.271 e. The number of benzene rings is 2. The van der Waals surface area contributed by atoms with Crippen molar-refractivity contribution in [3.8, 4) is 0 Å². The first kappa shape index (κ1) is 17.9. The Kier molecular flexibility index (Phi) is 5.40. The van der Waals surface area contributed by atoms with Crippen LogP contribution < -0.4 is 10.0 Å². The summed E-state index contributed by atoms with van der Waals surface area (Å²) >= 11 is 3.34. The van der Waals surface area contributed by atoms with Crippen LogP contribution in [0.2, 0.25) is 0 Å². The van der Waals surface area contributed by atoms with E-state index < -0.39 is 10.0 Å². The van der Waals surface area contributed by atoms with Gasteiger partial charge in [-0.25, -0.2) is 8.42 Å². The summed E-state index contributed by atoms with van der Waals surface area (Å²) in [5, 5.41) is 4.50. The van der Waals surface area contributed by atoms with E-state index in [1.165, 1.54) is 6.07 Å². The van der Waals surface area contributed by atoms with E-state index in [1.54, 1.807) is 35.7 Å². The molecule has 2 aromatic carbocycles. The maximum atomic E-state index is 12.2. The van der Waals surface area contributed by atoms with Gasteiger partial charge < -0.3 is 5.32 Å². The average molecular weight is 484 g/mol. The summed E-state index contributed by atoms with van der Waals surface area (Å²) in [4.78, 5) is 12.2. The number of hydrogen-bond donors (Lipinski definition) is 2. The molecule has 3 rings (SSSR count). The molecule has 1 amide bonds. The Morgan fingerprint density at radius 1 is 0.920 bits per heavy atom. The average Bonchev–Trinajstić information content (AvgIpc) is 3.13. The van der Waals surface area contributed by atoms with Gasteiger partial charge in [0.05, 0.1) is 0 Å². The second kappa shape index (κ2) is 7.54. The normalized spacial score (nSPS) is 11.1. The standard InChI is InChI=1S/C17H13IN2O3S2/c18-13-5-9-14(10-6-13)19-17(21)12-3-7-15(8-4-12)20-25(22,23)16-2-1-11-24-16/h1-11,20H,(H,19,21). The van der Waals surface area contributed by atoms with E-state index in [1.807, 2.05) is 24.3 Å². The molecule has 0 aliphatic rings. The van der Waals surface area contributed by atoms with Gasteiger partial charge in [0.15, 0.2) is 0 Å². The minimum absolute atomic E-state index is 0.244. The predicted molar refractivity (Wildman–Crippen MR) is 109 cm³/mol. The van der Waals surface area contributed by atoms with Crippen LogP contribution in [0.3, 0.4) is 0 Å². The number of amides is 1. The lowest BCUT2D eigenvalue weighted by Crippen LogP contribution is -2.13. The number of thiophene rings is 1. The number of nitrogens with one attached hydrogen (secondary N) is 2. The van der Waals surface area contributed by atoms with E-state index in [2.05, 4.69) is 32.6 Å². The first-order valence-corrected chi connectivity index (χ1v) is 10.6. The van der Waals surface area contributed by atoms with Crippen molar-refractivity contribution in [3.05, 3.63) is 75.2 Å². The largest absolute Gasteiger partial charge is 0.322 e. The number of sulfonamides is 1. The van der Waals surface area contributed by atoms with Gasteiger partial charge in [0.25, 0.3) is 15.9 Å². The molecule has 8 heteroatoms. The molecule has 0 aliphatic heterocycles. The topological polar surface area (TPSA) is 75.3 Å². The van der Waals surface area contributed by atoms with Crippen LogP contribution in [0.15, 0.2) is 70.3 Å². The molecule has 0 unspecified atom stereocenters. The summed E-state index contributed by atoms with van der Waals surface area (Å²) in [7, 11) is -3.59. The Balaban J connectivity index is 1.69. The van der Waals surface area contributed by atoms with Gasteiger partial charge in [-0.05, 0) is 82.6 Å². The van der Waals surface area contributed by atoms with E-state index in [0.29, 0.717) is 16.9 Å². The molecule has 0 atom stereocenters. The molecule has 3 aromatic rings. The highest BCUT2D eigenvalue weighted by Gasteiger charge is 2.15. The van der Waals surface area contributed by atoms with Gasteiger partial charge in [-0.1, -0.05) is 6.07 Å². The van der Waals surface area contributed by atoms with Gasteiger partial charge in [0, 0.05) is 20.5 Å². The van der Waals surface area contributed by atoms with E-state index in [0.717, 1.165) is 14.9 Å². The zero-order valence-corrected chi connectivity index (χ0v) is 16.6. The molecule has 5 nitrogen and oxygen atoms in total. The van der Waals surface area contributed by atoms with Crippen molar-refractivity contribution >= 4 is 61.2 Å². The number of carbonyl (C=O) groups excluding carboxylic acids is 1. The first-order chi connectivity index (χ1) is 11.9. The summed E-state index contributed by atoms with van der Waals surface area (Å²) in [6.07, 6.45) is 0. The summed E-state index contributed by atoms with van der Waals surface area (Å²) in [6, 6.07) is 16.9. The molecule has 0 radical (unpaired) electrons. The second-order valence-corrected chi connectivity index (χ2v) is 9.18. The van der Waals surface area contributed by atoms with E-state index >= 15 is 0 Å². The van der Waals surface area contributed by atoms with Gasteiger partial charge in [-0.15, -0.1) is 11.3 Å². The zero-order chi connectivity index (χ0) is 17.9. The Labute approximate surface area is 163 Å². The SMILES string of the molecule is O=C(Nc1ccc(I)cc1)c1ccc(NS(=O)(=O)c2cccs2)cc1. The fourth-order valence-corrected chi connectivity index (χ4v) is 4.46. The third kappa shape index (κ3) is 4.59. The maximum absolute atomic E-state index is 12.2. The second-order valence-electron chi connectivity index (χ2n) is 5.08. The minimum Gasteiger partial charge on any atom is -0.322 e. The smallest absolute Gasteiger partial charge is 0.271 e. The number of hydrogen-bond acceptors (Lipinski definition) is 4. The van der Waals surface area contributed by atoms with Crippen LogP contribution >= 0.6 is 33.9 Å². The van der Waals surface area contributed by atoms with Gasteiger partial charge in [-0.2, -0.15) is 0 Å². The summed E-state index contributed by atoms with van der Waals surface area (Å²) in [5.74, 6) is -0.256. The number of halogens is 1. The van der Waals surface area contributed by atoms with Crippen LogP contribution in [0, 0.1) is 3.57 Å². The lowest BCUT2D eigenvalue weighted by molar-refractivity contribution is 0.102. The number of rotatable bonds is 5. The third-order valence-corrected chi connectivity index (χ3v) is 6.76. The molecule has 1 aromatic heterocycles. The Morgan fingerprint density at radius 2 is 1.56 bits per heavy atom. The van der Waals surface area contributed by atoms with Crippen LogP contribution in [-0.2, 0) is 10.0 Å². The number of carbonyl (C=O) groups is 1. The van der Waals surface area contributed by atoms with Gasteiger partial charge in [-0.3, -0.25) is 9.52 Å². The summed E-state index contributed by atoms with van der Waals surface area (Å²) < 4.78 is 28.2. The molecule has 0 spiro atoms. The number of anilines is 2. The van der Waals surface area contributed by atoms with Crippen LogP contribution in [0.25, 0.3) is 0 Å². The minimum atomic E-state index is -3.59. The van der Waals surface area contributed by atoms with Crippen molar-refractivity contribution in [1.82, 2.24) is 0 Å². The van der Waals surface area contributed by atoms with Crippen molar-refractivity contribution in [2.24, 2.45) is 0 Å². The third-order valence-electron chi connectivity index (χ3n) is 3.26. The van der Waals surface area contributed by atoms with Crippen molar-refractivity contribution in [3.63, 3.8) is 0 Å². The quantitative estimate of drug-likeness (QED) is 0.527. The van der Waals surface area contributed by atoms with E-state index in [-0.39, 0.29) is 10.1 Å². The molecule has 128 valence electrons.